The van der Waals surface area contributed by atoms with Crippen LogP contribution in [0.5, 0.6) is 0 Å². The Morgan fingerprint density at radius 1 is 1.16 bits per heavy atom. The van der Waals surface area contributed by atoms with E-state index in [1.807, 2.05) is 19.9 Å². The van der Waals surface area contributed by atoms with E-state index in [0.717, 1.165) is 44.9 Å². The highest BCUT2D eigenvalue weighted by molar-refractivity contribution is 5.89. The van der Waals surface area contributed by atoms with Crippen molar-refractivity contribution in [2.24, 2.45) is 5.41 Å². The maximum absolute atomic E-state index is 13.2. The summed E-state index contributed by atoms with van der Waals surface area (Å²) in [6.07, 6.45) is 7.18. The number of amides is 2. The number of nitrogens with one attached hydrogen (secondary N) is 2. The molecule has 2 amide bonds. The fourth-order valence-corrected chi connectivity index (χ4v) is 4.43. The van der Waals surface area contributed by atoms with Crippen LogP contribution in [0.4, 0.5) is 0 Å². The van der Waals surface area contributed by atoms with Gasteiger partial charge in [-0.25, -0.2) is 0 Å². The fraction of sp³-hybridized carbons (Fsp3) is 0.619. The standard InChI is InChI=1S/C21H30N2O2/c1-15(2)22-19(24)14-21(12-5-6-13-21)20(25)23-18-11-7-9-16-8-3-4-10-17(16)18/h3-4,8,10,15,18H,5-7,9,11-14H2,1-2H3,(H,22,24)(H,23,25)/t18-/m0/s1. The second-order valence-corrected chi connectivity index (χ2v) is 8.00. The number of carbonyl (C=O) groups excluding carboxylic acids is 2. The lowest BCUT2D eigenvalue weighted by molar-refractivity contribution is -0.137. The number of fused-ring (bicyclic) bond motifs is 1. The summed E-state index contributed by atoms with van der Waals surface area (Å²) in [5, 5.41) is 6.25. The number of rotatable bonds is 5. The molecule has 0 saturated heterocycles. The lowest BCUT2D eigenvalue weighted by Crippen LogP contribution is -2.45. The van der Waals surface area contributed by atoms with Gasteiger partial charge in [-0.3, -0.25) is 9.59 Å². The van der Waals surface area contributed by atoms with Crippen LogP contribution >= 0.6 is 0 Å². The molecule has 2 aliphatic rings. The van der Waals surface area contributed by atoms with E-state index in [9.17, 15) is 9.59 Å². The van der Waals surface area contributed by atoms with E-state index in [4.69, 9.17) is 0 Å². The van der Waals surface area contributed by atoms with Gasteiger partial charge in [-0.1, -0.05) is 37.1 Å². The molecular formula is C21H30N2O2. The fourth-order valence-electron chi connectivity index (χ4n) is 4.43. The van der Waals surface area contributed by atoms with Gasteiger partial charge in [0.1, 0.15) is 0 Å². The highest BCUT2D eigenvalue weighted by atomic mass is 16.2. The van der Waals surface area contributed by atoms with Crippen LogP contribution in [0.25, 0.3) is 0 Å². The molecule has 2 N–H and O–H groups in total. The molecule has 0 aliphatic heterocycles. The van der Waals surface area contributed by atoms with Gasteiger partial charge < -0.3 is 10.6 Å². The molecule has 3 rings (SSSR count). The number of benzene rings is 1. The molecular weight excluding hydrogens is 312 g/mol. The zero-order valence-electron chi connectivity index (χ0n) is 15.4. The van der Waals surface area contributed by atoms with Crippen molar-refractivity contribution in [2.75, 3.05) is 0 Å². The first-order chi connectivity index (χ1) is 12.0. The third kappa shape index (κ3) is 4.05. The minimum Gasteiger partial charge on any atom is -0.354 e. The zero-order valence-corrected chi connectivity index (χ0v) is 15.4. The predicted octanol–water partition coefficient (Wildman–Crippen LogP) is 3.66. The normalized spacial score (nSPS) is 21.6. The van der Waals surface area contributed by atoms with Crippen LogP contribution in [-0.2, 0) is 16.0 Å². The molecule has 1 saturated carbocycles. The van der Waals surface area contributed by atoms with Crippen LogP contribution in [0, 0.1) is 5.41 Å². The SMILES string of the molecule is CC(C)NC(=O)CC1(C(=O)N[C@H]2CCCc3ccccc32)CCCC1. The average Bonchev–Trinajstić information content (AvgIpc) is 3.04. The van der Waals surface area contributed by atoms with Crippen molar-refractivity contribution in [2.45, 2.75) is 77.3 Å². The van der Waals surface area contributed by atoms with E-state index in [1.165, 1.54) is 11.1 Å². The summed E-state index contributed by atoms with van der Waals surface area (Å²) in [6.45, 7) is 3.91. The third-order valence-electron chi connectivity index (χ3n) is 5.67. The first kappa shape index (κ1) is 18.0. The third-order valence-corrected chi connectivity index (χ3v) is 5.67. The van der Waals surface area contributed by atoms with Gasteiger partial charge in [-0.05, 0) is 57.1 Å². The van der Waals surface area contributed by atoms with Crippen molar-refractivity contribution in [1.29, 1.82) is 0 Å². The molecule has 2 aliphatic carbocycles. The highest BCUT2D eigenvalue weighted by Gasteiger charge is 2.43. The summed E-state index contributed by atoms with van der Waals surface area (Å²) in [5.74, 6) is 0.0710. The molecule has 1 fully saturated rings. The lowest BCUT2D eigenvalue weighted by Gasteiger charge is -2.32. The van der Waals surface area contributed by atoms with Gasteiger partial charge in [0.2, 0.25) is 11.8 Å². The second kappa shape index (κ2) is 7.59. The number of hydrogen-bond acceptors (Lipinski definition) is 2. The summed E-state index contributed by atoms with van der Waals surface area (Å²) in [5.41, 5.74) is 2.07. The Labute approximate surface area is 150 Å². The summed E-state index contributed by atoms with van der Waals surface area (Å²) in [4.78, 5) is 25.5. The Hall–Kier alpha value is -1.84. The van der Waals surface area contributed by atoms with Crippen molar-refractivity contribution in [3.63, 3.8) is 0 Å². The van der Waals surface area contributed by atoms with Gasteiger partial charge >= 0.3 is 0 Å². The molecule has 0 heterocycles. The summed E-state index contributed by atoms with van der Waals surface area (Å²) in [7, 11) is 0. The van der Waals surface area contributed by atoms with Crippen molar-refractivity contribution in [1.82, 2.24) is 10.6 Å². The molecule has 0 unspecified atom stereocenters. The molecule has 4 heteroatoms. The summed E-state index contributed by atoms with van der Waals surface area (Å²) in [6, 6.07) is 8.60. The minimum atomic E-state index is -0.522. The smallest absolute Gasteiger partial charge is 0.227 e. The van der Waals surface area contributed by atoms with Crippen LogP contribution in [0.3, 0.4) is 0 Å². The van der Waals surface area contributed by atoms with Gasteiger partial charge in [0.15, 0.2) is 0 Å². The molecule has 1 atom stereocenters. The summed E-state index contributed by atoms with van der Waals surface area (Å²) >= 11 is 0. The Bertz CT molecular complexity index is 633. The topological polar surface area (TPSA) is 58.2 Å². The average molecular weight is 342 g/mol. The first-order valence-electron chi connectivity index (χ1n) is 9.68. The molecule has 0 bridgehead atoms. The van der Waals surface area contributed by atoms with E-state index >= 15 is 0 Å². The molecule has 136 valence electrons. The quantitative estimate of drug-likeness (QED) is 0.858. The first-order valence-corrected chi connectivity index (χ1v) is 9.68. The maximum Gasteiger partial charge on any atom is 0.227 e. The van der Waals surface area contributed by atoms with Crippen LogP contribution in [0.2, 0.25) is 0 Å². The predicted molar refractivity (Wildman–Crippen MR) is 99.1 cm³/mol. The minimum absolute atomic E-state index is 0.00362. The number of hydrogen-bond donors (Lipinski definition) is 2. The van der Waals surface area contributed by atoms with Gasteiger partial charge in [0.05, 0.1) is 11.5 Å². The number of carbonyl (C=O) groups is 2. The van der Waals surface area contributed by atoms with Crippen molar-refractivity contribution >= 4 is 11.8 Å². The monoisotopic (exact) mass is 342 g/mol. The van der Waals surface area contributed by atoms with Gasteiger partial charge in [-0.2, -0.15) is 0 Å². The molecule has 0 aromatic heterocycles. The van der Waals surface area contributed by atoms with Gasteiger partial charge in [-0.15, -0.1) is 0 Å². The maximum atomic E-state index is 13.2. The summed E-state index contributed by atoms with van der Waals surface area (Å²) < 4.78 is 0. The Balaban J connectivity index is 1.73. The number of aryl methyl sites for hydroxylation is 1. The Morgan fingerprint density at radius 3 is 2.60 bits per heavy atom. The molecule has 4 nitrogen and oxygen atoms in total. The Morgan fingerprint density at radius 2 is 1.88 bits per heavy atom. The van der Waals surface area contributed by atoms with Crippen molar-refractivity contribution in [3.05, 3.63) is 35.4 Å². The zero-order chi connectivity index (χ0) is 17.9. The van der Waals surface area contributed by atoms with E-state index in [1.54, 1.807) is 0 Å². The van der Waals surface area contributed by atoms with Crippen molar-refractivity contribution < 1.29 is 9.59 Å². The van der Waals surface area contributed by atoms with E-state index < -0.39 is 5.41 Å². The van der Waals surface area contributed by atoms with Gasteiger partial charge in [0, 0.05) is 12.5 Å². The van der Waals surface area contributed by atoms with Crippen LogP contribution < -0.4 is 10.6 Å². The largest absolute Gasteiger partial charge is 0.354 e. The van der Waals surface area contributed by atoms with Crippen molar-refractivity contribution in [3.8, 4) is 0 Å². The van der Waals surface area contributed by atoms with E-state index in [0.29, 0.717) is 6.42 Å². The Kier molecular flexibility index (Phi) is 5.45. The highest BCUT2D eigenvalue weighted by Crippen LogP contribution is 2.42. The molecule has 1 aromatic carbocycles. The van der Waals surface area contributed by atoms with Crippen LogP contribution in [-0.4, -0.2) is 17.9 Å². The molecule has 0 spiro atoms. The second-order valence-electron chi connectivity index (χ2n) is 8.00. The molecule has 0 radical (unpaired) electrons. The van der Waals surface area contributed by atoms with Crippen LogP contribution in [0.15, 0.2) is 24.3 Å². The molecule has 1 aromatic rings. The van der Waals surface area contributed by atoms with Crippen LogP contribution in [0.1, 0.15) is 76.0 Å². The van der Waals surface area contributed by atoms with E-state index in [-0.39, 0.29) is 23.9 Å². The lowest BCUT2D eigenvalue weighted by atomic mass is 9.80. The van der Waals surface area contributed by atoms with E-state index in [2.05, 4.69) is 28.8 Å². The van der Waals surface area contributed by atoms with Gasteiger partial charge in [0.25, 0.3) is 0 Å². The molecule has 25 heavy (non-hydrogen) atoms.